The molecule has 0 radical (unpaired) electrons. The first-order valence-electron chi connectivity index (χ1n) is 3.58. The van der Waals surface area contributed by atoms with E-state index in [9.17, 15) is 8.42 Å². The molecule has 0 aromatic heterocycles. The van der Waals surface area contributed by atoms with E-state index in [0.29, 0.717) is 12.2 Å². The van der Waals surface area contributed by atoms with E-state index < -0.39 is 9.84 Å². The summed E-state index contributed by atoms with van der Waals surface area (Å²) in [6, 6.07) is 0.0243. The van der Waals surface area contributed by atoms with Crippen molar-refractivity contribution >= 4 is 16.1 Å². The highest BCUT2D eigenvalue weighted by Crippen LogP contribution is 2.10. The fourth-order valence-electron chi connectivity index (χ4n) is 1.08. The van der Waals surface area contributed by atoms with Crippen molar-refractivity contribution in [2.75, 3.05) is 11.5 Å². The molecule has 0 bridgehead atoms. The zero-order valence-electron chi connectivity index (χ0n) is 6.45. The molecule has 1 saturated heterocycles. The van der Waals surface area contributed by atoms with E-state index in [1.807, 2.05) is 0 Å². The molecule has 1 aliphatic heterocycles. The van der Waals surface area contributed by atoms with Crippen molar-refractivity contribution in [2.24, 2.45) is 5.10 Å². The average Bonchev–Trinajstić information content (AvgIpc) is 2.26. The van der Waals surface area contributed by atoms with Crippen molar-refractivity contribution in [3.8, 4) is 0 Å². The van der Waals surface area contributed by atoms with Crippen LogP contribution in [0.15, 0.2) is 5.10 Å². The highest BCUT2D eigenvalue weighted by Gasteiger charge is 2.27. The van der Waals surface area contributed by atoms with Gasteiger partial charge in [-0.1, -0.05) is 0 Å². The van der Waals surface area contributed by atoms with Gasteiger partial charge in [-0.2, -0.15) is 5.10 Å². The summed E-state index contributed by atoms with van der Waals surface area (Å²) in [4.78, 5) is 0. The van der Waals surface area contributed by atoms with Crippen LogP contribution in [0, 0.1) is 0 Å². The predicted molar refractivity (Wildman–Crippen MR) is 44.4 cm³/mol. The van der Waals surface area contributed by atoms with Gasteiger partial charge in [-0.25, -0.2) is 8.42 Å². The van der Waals surface area contributed by atoms with Gasteiger partial charge in [0.15, 0.2) is 9.84 Å². The first kappa shape index (κ1) is 8.52. The summed E-state index contributed by atoms with van der Waals surface area (Å²) in [5.74, 6) is 0.522. The maximum Gasteiger partial charge on any atom is 0.152 e. The number of rotatable bonds is 2. The molecule has 5 heteroatoms. The lowest BCUT2D eigenvalue weighted by atomic mass is 10.3. The molecule has 0 spiro atoms. The Bertz CT molecular complexity index is 245. The second-order valence-electron chi connectivity index (χ2n) is 2.62. The van der Waals surface area contributed by atoms with E-state index in [0.717, 1.165) is 0 Å². The van der Waals surface area contributed by atoms with Crippen LogP contribution in [0.5, 0.6) is 0 Å². The molecule has 0 amide bonds. The lowest BCUT2D eigenvalue weighted by Crippen LogP contribution is -2.25. The van der Waals surface area contributed by atoms with Crippen LogP contribution >= 0.6 is 0 Å². The molecule has 1 atom stereocenters. The Morgan fingerprint density at radius 3 is 2.82 bits per heavy atom. The minimum atomic E-state index is -2.76. The molecule has 11 heavy (non-hydrogen) atoms. The van der Waals surface area contributed by atoms with Crippen molar-refractivity contribution in [3.63, 3.8) is 0 Å². The molecule has 0 unspecified atom stereocenters. The van der Waals surface area contributed by atoms with Gasteiger partial charge in [-0.3, -0.25) is 0 Å². The third-order valence-corrected chi connectivity index (χ3v) is 3.39. The normalized spacial score (nSPS) is 29.4. The second-order valence-corrected chi connectivity index (χ2v) is 4.85. The van der Waals surface area contributed by atoms with Gasteiger partial charge in [0.05, 0.1) is 17.5 Å². The number of nitrogens with one attached hydrogen (secondary N) is 1. The molecule has 1 aliphatic rings. The average molecular weight is 176 g/mol. The molecule has 4 nitrogen and oxygen atoms in total. The highest BCUT2D eigenvalue weighted by molar-refractivity contribution is 7.91. The summed E-state index contributed by atoms with van der Waals surface area (Å²) in [5.41, 5.74) is 2.78. The Hall–Kier alpha value is -0.580. The molecule has 1 N–H and O–H groups in total. The van der Waals surface area contributed by atoms with Crippen LogP contribution < -0.4 is 5.43 Å². The van der Waals surface area contributed by atoms with Crippen LogP contribution in [0.2, 0.25) is 0 Å². The quantitative estimate of drug-likeness (QED) is 0.467. The maximum atomic E-state index is 10.9. The molecule has 1 rings (SSSR count). The Morgan fingerprint density at radius 1 is 1.64 bits per heavy atom. The van der Waals surface area contributed by atoms with E-state index in [4.69, 9.17) is 0 Å². The van der Waals surface area contributed by atoms with Gasteiger partial charge in [0.2, 0.25) is 0 Å². The molecular weight excluding hydrogens is 164 g/mol. The Balaban J connectivity index is 2.43. The number of sulfone groups is 1. The van der Waals surface area contributed by atoms with E-state index in [1.165, 1.54) is 0 Å². The summed E-state index contributed by atoms with van der Waals surface area (Å²) in [7, 11) is -2.76. The number of nitrogens with zero attached hydrogens (tertiary/aromatic N) is 1. The maximum absolute atomic E-state index is 10.9. The second kappa shape index (κ2) is 3.21. The molecule has 0 saturated carbocycles. The van der Waals surface area contributed by atoms with Crippen LogP contribution in [0.1, 0.15) is 13.3 Å². The van der Waals surface area contributed by atoms with E-state index in [-0.39, 0.29) is 11.8 Å². The van der Waals surface area contributed by atoms with Gasteiger partial charge in [0, 0.05) is 6.21 Å². The molecule has 0 aromatic carbocycles. The molecular formula is C6H12N2O2S. The van der Waals surface area contributed by atoms with Crippen LogP contribution in [-0.2, 0) is 9.84 Å². The van der Waals surface area contributed by atoms with Crippen molar-refractivity contribution in [3.05, 3.63) is 0 Å². The third kappa shape index (κ3) is 2.49. The zero-order valence-corrected chi connectivity index (χ0v) is 7.26. The summed E-state index contributed by atoms with van der Waals surface area (Å²) >= 11 is 0. The van der Waals surface area contributed by atoms with Gasteiger partial charge >= 0.3 is 0 Å². The van der Waals surface area contributed by atoms with Crippen molar-refractivity contribution in [1.29, 1.82) is 0 Å². The fraction of sp³-hybridized carbons (Fsp3) is 0.833. The Labute approximate surface area is 66.6 Å². The van der Waals surface area contributed by atoms with Crippen LogP contribution in [0.25, 0.3) is 0 Å². The predicted octanol–water partition coefficient (Wildman–Crippen LogP) is -0.231. The number of hydrogen-bond donors (Lipinski definition) is 1. The molecule has 0 aliphatic carbocycles. The Kier molecular flexibility index (Phi) is 2.49. The van der Waals surface area contributed by atoms with Gasteiger partial charge in [-0.15, -0.1) is 0 Å². The minimum absolute atomic E-state index is 0.0243. The van der Waals surface area contributed by atoms with Gasteiger partial charge in [-0.05, 0) is 13.3 Å². The third-order valence-electron chi connectivity index (χ3n) is 1.62. The highest BCUT2D eigenvalue weighted by atomic mass is 32.2. The van der Waals surface area contributed by atoms with Crippen LogP contribution in [0.4, 0.5) is 0 Å². The fourth-order valence-corrected chi connectivity index (χ4v) is 2.74. The van der Waals surface area contributed by atoms with Gasteiger partial charge in [0.1, 0.15) is 0 Å². The number of hydrazone groups is 1. The molecule has 1 heterocycles. The van der Waals surface area contributed by atoms with Crippen molar-refractivity contribution < 1.29 is 8.42 Å². The molecule has 64 valence electrons. The molecule has 0 aromatic rings. The lowest BCUT2D eigenvalue weighted by molar-refractivity contribution is 0.578. The van der Waals surface area contributed by atoms with E-state index in [2.05, 4.69) is 10.5 Å². The standard InChI is InChI=1S/C6H12N2O2S/c1-2-7-8-6-3-4-11(9,10)5-6/h2,6,8H,3-5H2,1H3/b7-2-/t6-/m0/s1. The van der Waals surface area contributed by atoms with Crippen LogP contribution in [-0.4, -0.2) is 32.2 Å². The molecule has 1 fully saturated rings. The minimum Gasteiger partial charge on any atom is -0.306 e. The Morgan fingerprint density at radius 2 is 2.36 bits per heavy atom. The van der Waals surface area contributed by atoms with Crippen molar-refractivity contribution in [2.45, 2.75) is 19.4 Å². The summed E-state index contributed by atoms with van der Waals surface area (Å²) in [6.45, 7) is 1.79. The van der Waals surface area contributed by atoms with Crippen LogP contribution in [0.3, 0.4) is 0 Å². The van der Waals surface area contributed by atoms with E-state index in [1.54, 1.807) is 13.1 Å². The van der Waals surface area contributed by atoms with Gasteiger partial charge in [0.25, 0.3) is 0 Å². The first-order chi connectivity index (χ1) is 5.14. The smallest absolute Gasteiger partial charge is 0.152 e. The summed E-state index contributed by atoms with van der Waals surface area (Å²) < 4.78 is 21.8. The summed E-state index contributed by atoms with van der Waals surface area (Å²) in [6.07, 6.45) is 2.30. The largest absolute Gasteiger partial charge is 0.306 e. The van der Waals surface area contributed by atoms with Crippen molar-refractivity contribution in [1.82, 2.24) is 5.43 Å². The zero-order chi connectivity index (χ0) is 8.32. The topological polar surface area (TPSA) is 58.5 Å². The first-order valence-corrected chi connectivity index (χ1v) is 5.40. The van der Waals surface area contributed by atoms with E-state index >= 15 is 0 Å². The van der Waals surface area contributed by atoms with Gasteiger partial charge < -0.3 is 5.43 Å². The number of hydrogen-bond acceptors (Lipinski definition) is 4. The summed E-state index contributed by atoms with van der Waals surface area (Å²) in [5, 5.41) is 3.78. The monoisotopic (exact) mass is 176 g/mol. The lowest BCUT2D eigenvalue weighted by Gasteiger charge is -2.04. The SMILES string of the molecule is C/C=N\N[C@H]1CCS(=O)(=O)C1.